The van der Waals surface area contributed by atoms with E-state index in [0.29, 0.717) is 60.2 Å². The summed E-state index contributed by atoms with van der Waals surface area (Å²) in [5.41, 5.74) is 5.79. The maximum atomic E-state index is 13.4. The highest BCUT2D eigenvalue weighted by Crippen LogP contribution is 2.40. The standard InChI is InChI=1S/C45H55N9O8/c1-47-45(60)53-16-12-31-34(24-49(2)42(57)35(31)26-53)28-19-38(61-3)36(39(20-28)62-4)25-50-17-18-52(30(22-46)23-50)15-11-27-9-13-51(14-10-27)29-5-6-32-33(21-29)44(59)54(43(32)58)37-7-8-40(55)48-41(37)56/h5-6,19-21,24,27,30,37,43,58H,7-18,23,25-26H2,1-4H3,(H,47,60)(H,48,55,56). The largest absolute Gasteiger partial charge is 0.496 e. The van der Waals surface area contributed by atoms with Gasteiger partial charge in [-0.15, -0.1) is 0 Å². The number of aliphatic hydroxyl groups excluding tert-OH is 1. The first kappa shape index (κ1) is 42.7. The molecule has 8 rings (SSSR count). The van der Waals surface area contributed by atoms with E-state index in [9.17, 15) is 34.3 Å². The lowest BCUT2D eigenvalue weighted by Gasteiger charge is -2.40. The Kier molecular flexibility index (Phi) is 12.3. The number of urea groups is 1. The molecule has 0 radical (unpaired) electrons. The SMILES string of the molecule is CNC(=O)N1CCc2c(-c3cc(OC)c(CN4CCN(CCC5CCN(c6ccc7c(c6)C(=O)N(C6CCC(=O)NC6=O)C7O)CC5)C(C#N)C4)c(OC)c3)cn(C)c(=O)c2C1. The van der Waals surface area contributed by atoms with Crippen LogP contribution in [0.2, 0.25) is 0 Å². The minimum Gasteiger partial charge on any atom is -0.496 e. The zero-order chi connectivity index (χ0) is 43.8. The molecule has 3 aromatic rings. The van der Waals surface area contributed by atoms with Crippen molar-refractivity contribution in [2.75, 3.05) is 72.0 Å². The molecule has 0 aliphatic carbocycles. The van der Waals surface area contributed by atoms with Crippen molar-refractivity contribution >= 4 is 29.4 Å². The second kappa shape index (κ2) is 17.8. The monoisotopic (exact) mass is 849 g/mol. The van der Waals surface area contributed by atoms with Crippen LogP contribution in [-0.2, 0) is 36.1 Å². The number of piperidine rings is 2. The van der Waals surface area contributed by atoms with Gasteiger partial charge in [0.05, 0.1) is 32.4 Å². The first-order valence-electron chi connectivity index (χ1n) is 21.5. The summed E-state index contributed by atoms with van der Waals surface area (Å²) >= 11 is 0. The lowest BCUT2D eigenvalue weighted by atomic mass is 9.91. The third-order valence-corrected chi connectivity index (χ3v) is 13.5. The Balaban J connectivity index is 0.869. The summed E-state index contributed by atoms with van der Waals surface area (Å²) in [6, 6.07) is 10.6. The van der Waals surface area contributed by atoms with Gasteiger partial charge in [-0.2, -0.15) is 5.26 Å². The zero-order valence-electron chi connectivity index (χ0n) is 35.8. The molecule has 3 atom stereocenters. The number of nitrogens with zero attached hydrogens (tertiary/aromatic N) is 7. The maximum absolute atomic E-state index is 13.4. The number of pyridine rings is 1. The number of imide groups is 1. The summed E-state index contributed by atoms with van der Waals surface area (Å²) < 4.78 is 13.5. The second-order valence-electron chi connectivity index (χ2n) is 17.0. The molecule has 328 valence electrons. The van der Waals surface area contributed by atoms with Gasteiger partial charge in [0.1, 0.15) is 23.6 Å². The van der Waals surface area contributed by atoms with Gasteiger partial charge < -0.3 is 34.3 Å². The van der Waals surface area contributed by atoms with Crippen molar-refractivity contribution in [2.24, 2.45) is 13.0 Å². The number of nitrogens with one attached hydrogen (secondary N) is 2. The number of amides is 5. The first-order chi connectivity index (χ1) is 29.9. The number of benzene rings is 2. The number of hydrogen-bond donors (Lipinski definition) is 3. The Bertz CT molecular complexity index is 2340. The molecule has 3 N–H and O–H groups in total. The number of rotatable bonds is 10. The Morgan fingerprint density at radius 3 is 2.37 bits per heavy atom. The fourth-order valence-electron chi connectivity index (χ4n) is 9.95. The van der Waals surface area contributed by atoms with Crippen LogP contribution in [0, 0.1) is 17.2 Å². The van der Waals surface area contributed by atoms with Crippen LogP contribution in [-0.4, -0.2) is 132 Å². The van der Waals surface area contributed by atoms with Crippen molar-refractivity contribution in [3.63, 3.8) is 0 Å². The molecular formula is C45H55N9O8. The Morgan fingerprint density at radius 2 is 1.69 bits per heavy atom. The number of aryl methyl sites for hydroxylation is 1. The normalized spacial score (nSPS) is 22.2. The van der Waals surface area contributed by atoms with Gasteiger partial charge in [0.2, 0.25) is 11.8 Å². The van der Waals surface area contributed by atoms with Gasteiger partial charge >= 0.3 is 6.03 Å². The van der Waals surface area contributed by atoms with E-state index in [4.69, 9.17) is 9.47 Å². The van der Waals surface area contributed by atoms with E-state index in [1.54, 1.807) is 43.8 Å². The fraction of sp³-hybridized carbons (Fsp3) is 0.511. The summed E-state index contributed by atoms with van der Waals surface area (Å²) in [5.74, 6) is 0.463. The molecule has 0 saturated carbocycles. The number of aromatic nitrogens is 1. The van der Waals surface area contributed by atoms with Crippen molar-refractivity contribution in [1.82, 2.24) is 34.8 Å². The highest BCUT2D eigenvalue weighted by atomic mass is 16.5. The molecule has 0 bridgehead atoms. The maximum Gasteiger partial charge on any atom is 0.317 e. The van der Waals surface area contributed by atoms with Crippen molar-refractivity contribution < 1.29 is 33.8 Å². The van der Waals surface area contributed by atoms with E-state index in [2.05, 4.69) is 31.4 Å². The van der Waals surface area contributed by atoms with Crippen molar-refractivity contribution in [2.45, 2.75) is 69.9 Å². The number of hydrogen-bond acceptors (Lipinski definition) is 12. The summed E-state index contributed by atoms with van der Waals surface area (Å²) in [6.45, 7) is 5.81. The second-order valence-corrected chi connectivity index (χ2v) is 17.0. The summed E-state index contributed by atoms with van der Waals surface area (Å²) in [6.07, 6.45) is 4.36. The Labute approximate surface area is 360 Å². The molecule has 5 amide bonds. The summed E-state index contributed by atoms with van der Waals surface area (Å²) in [4.78, 5) is 72.9. The smallest absolute Gasteiger partial charge is 0.317 e. The third kappa shape index (κ3) is 8.10. The van der Waals surface area contributed by atoms with Crippen LogP contribution in [0.3, 0.4) is 0 Å². The van der Waals surface area contributed by atoms with Crippen LogP contribution >= 0.6 is 0 Å². The van der Waals surface area contributed by atoms with E-state index < -0.39 is 24.1 Å². The number of aliphatic hydroxyl groups is 1. The lowest BCUT2D eigenvalue weighted by Crippen LogP contribution is -2.53. The molecule has 3 unspecified atom stereocenters. The van der Waals surface area contributed by atoms with E-state index in [-0.39, 0.29) is 42.9 Å². The predicted molar refractivity (Wildman–Crippen MR) is 228 cm³/mol. The molecule has 3 fully saturated rings. The number of carbonyl (C=O) groups excluding carboxylic acids is 4. The fourth-order valence-corrected chi connectivity index (χ4v) is 9.95. The minimum absolute atomic E-state index is 0.117. The molecule has 1 aromatic heterocycles. The zero-order valence-corrected chi connectivity index (χ0v) is 35.8. The quantitative estimate of drug-likeness (QED) is 0.253. The molecule has 62 heavy (non-hydrogen) atoms. The van der Waals surface area contributed by atoms with Crippen LogP contribution in [0.1, 0.15) is 70.9 Å². The molecule has 17 nitrogen and oxygen atoms in total. The molecule has 5 aliphatic heterocycles. The average Bonchev–Trinajstić information content (AvgIpc) is 3.54. The van der Waals surface area contributed by atoms with E-state index >= 15 is 0 Å². The lowest BCUT2D eigenvalue weighted by molar-refractivity contribution is -0.139. The Morgan fingerprint density at radius 1 is 0.952 bits per heavy atom. The molecular weight excluding hydrogens is 795 g/mol. The van der Waals surface area contributed by atoms with Crippen molar-refractivity contribution in [3.05, 3.63) is 74.7 Å². The molecule has 6 heterocycles. The van der Waals surface area contributed by atoms with Gasteiger partial charge in [0.25, 0.3) is 11.5 Å². The van der Waals surface area contributed by atoms with E-state index in [0.717, 1.165) is 79.9 Å². The topological polar surface area (TPSA) is 193 Å². The minimum atomic E-state index is -1.24. The van der Waals surface area contributed by atoms with Gasteiger partial charge in [-0.1, -0.05) is 6.07 Å². The first-order valence-corrected chi connectivity index (χ1v) is 21.5. The van der Waals surface area contributed by atoms with Crippen LogP contribution in [0.5, 0.6) is 11.5 Å². The van der Waals surface area contributed by atoms with Crippen molar-refractivity contribution in [1.29, 1.82) is 5.26 Å². The van der Waals surface area contributed by atoms with E-state index in [1.165, 1.54) is 4.90 Å². The molecule has 0 spiro atoms. The van der Waals surface area contributed by atoms with Crippen LogP contribution in [0.15, 0.2) is 41.3 Å². The number of carbonyl (C=O) groups is 4. The van der Waals surface area contributed by atoms with Crippen molar-refractivity contribution in [3.8, 4) is 28.7 Å². The molecule has 17 heteroatoms. The predicted octanol–water partition coefficient (Wildman–Crippen LogP) is 2.34. The Hall–Kier alpha value is -5.96. The van der Waals surface area contributed by atoms with Gasteiger partial charge in [0, 0.05) is 100 Å². The highest BCUT2D eigenvalue weighted by molar-refractivity contribution is 6.06. The number of fused-ring (bicyclic) bond motifs is 2. The number of piperazine rings is 1. The molecule has 2 aromatic carbocycles. The summed E-state index contributed by atoms with van der Waals surface area (Å²) in [7, 11) is 6.58. The molecule has 5 aliphatic rings. The van der Waals surface area contributed by atoms with Gasteiger partial charge in [0.15, 0.2) is 6.23 Å². The third-order valence-electron chi connectivity index (χ3n) is 13.5. The highest BCUT2D eigenvalue weighted by Gasteiger charge is 2.44. The average molecular weight is 850 g/mol. The van der Waals surface area contributed by atoms with Gasteiger partial charge in [-0.3, -0.25) is 39.2 Å². The number of nitriles is 1. The number of ether oxygens (including phenoxy) is 2. The van der Waals surface area contributed by atoms with Crippen LogP contribution in [0.4, 0.5) is 10.5 Å². The number of anilines is 1. The van der Waals surface area contributed by atoms with Gasteiger partial charge in [-0.25, -0.2) is 4.79 Å². The van der Waals surface area contributed by atoms with Gasteiger partial charge in [-0.05, 0) is 80.0 Å². The van der Waals surface area contributed by atoms with Crippen LogP contribution < -0.4 is 30.6 Å². The summed E-state index contributed by atoms with van der Waals surface area (Å²) in [5, 5.41) is 26.3. The van der Waals surface area contributed by atoms with Crippen LogP contribution in [0.25, 0.3) is 11.1 Å². The van der Waals surface area contributed by atoms with E-state index in [1.807, 2.05) is 30.5 Å². The molecule has 3 saturated heterocycles. The number of methoxy groups -OCH3 is 2.